The van der Waals surface area contributed by atoms with Crippen LogP contribution in [0.15, 0.2) is 16.7 Å². The number of aliphatic hydroxyl groups is 1. The highest BCUT2D eigenvalue weighted by Crippen LogP contribution is 2.35. The maximum absolute atomic E-state index is 12.7. The Morgan fingerprint density at radius 3 is 2.71 bits per heavy atom. The molecule has 0 bridgehead atoms. The third kappa shape index (κ3) is 4.16. The van der Waals surface area contributed by atoms with Crippen molar-refractivity contribution in [2.45, 2.75) is 13.1 Å². The van der Waals surface area contributed by atoms with Crippen molar-refractivity contribution in [1.29, 1.82) is 0 Å². The fourth-order valence-corrected chi connectivity index (χ4v) is 1.46. The van der Waals surface area contributed by atoms with Gasteiger partial charge in [0.05, 0.1) is 5.56 Å². The summed E-state index contributed by atoms with van der Waals surface area (Å²) in [6.45, 7) is 1.86. The van der Waals surface area contributed by atoms with Crippen molar-refractivity contribution < 1.29 is 18.3 Å². The Kier molecular flexibility index (Phi) is 4.76. The average molecular weight is 313 g/mol. The summed E-state index contributed by atoms with van der Waals surface area (Å²) in [4.78, 5) is 3.69. The van der Waals surface area contributed by atoms with E-state index in [0.717, 1.165) is 6.07 Å². The van der Waals surface area contributed by atoms with Crippen LogP contribution in [0.4, 0.5) is 19.0 Å². The van der Waals surface area contributed by atoms with Crippen LogP contribution >= 0.6 is 15.9 Å². The van der Waals surface area contributed by atoms with E-state index in [9.17, 15) is 13.2 Å². The van der Waals surface area contributed by atoms with E-state index in [4.69, 9.17) is 5.11 Å². The zero-order chi connectivity index (χ0) is 13.1. The Bertz CT molecular complexity index is 384. The molecule has 96 valence electrons. The van der Waals surface area contributed by atoms with Crippen LogP contribution in [0.5, 0.6) is 0 Å². The lowest BCUT2D eigenvalue weighted by Crippen LogP contribution is -2.18. The number of nitrogens with one attached hydrogen (secondary N) is 1. The van der Waals surface area contributed by atoms with Gasteiger partial charge in [0.15, 0.2) is 0 Å². The van der Waals surface area contributed by atoms with Crippen LogP contribution in [0.2, 0.25) is 0 Å². The molecule has 1 unspecified atom stereocenters. The predicted molar refractivity (Wildman–Crippen MR) is 61.7 cm³/mol. The van der Waals surface area contributed by atoms with Crippen LogP contribution in [0.1, 0.15) is 12.5 Å². The zero-order valence-corrected chi connectivity index (χ0v) is 10.6. The quantitative estimate of drug-likeness (QED) is 0.898. The third-order valence-corrected chi connectivity index (χ3v) is 2.52. The molecule has 0 amide bonds. The highest BCUT2D eigenvalue weighted by Gasteiger charge is 2.34. The monoisotopic (exact) mass is 312 g/mol. The number of rotatable bonds is 4. The number of aromatic nitrogens is 1. The molecule has 1 rings (SSSR count). The molecule has 2 N–H and O–H groups in total. The second-order valence-corrected chi connectivity index (χ2v) is 4.63. The summed E-state index contributed by atoms with van der Waals surface area (Å²) in [5, 5.41) is 11.4. The van der Waals surface area contributed by atoms with Gasteiger partial charge in [-0.25, -0.2) is 4.98 Å². The minimum absolute atomic E-state index is 0.0924. The van der Waals surface area contributed by atoms with Gasteiger partial charge in [0.1, 0.15) is 5.82 Å². The maximum atomic E-state index is 12.7. The smallest absolute Gasteiger partial charge is 0.396 e. The van der Waals surface area contributed by atoms with Gasteiger partial charge < -0.3 is 10.4 Å². The fraction of sp³-hybridized carbons (Fsp3) is 0.500. The molecule has 1 heterocycles. The molecular weight excluding hydrogens is 301 g/mol. The topological polar surface area (TPSA) is 45.1 Å². The van der Waals surface area contributed by atoms with Crippen molar-refractivity contribution in [3.05, 3.63) is 22.3 Å². The molecule has 1 atom stereocenters. The van der Waals surface area contributed by atoms with Crippen LogP contribution in [0.25, 0.3) is 0 Å². The van der Waals surface area contributed by atoms with E-state index in [0.29, 0.717) is 0 Å². The van der Waals surface area contributed by atoms with E-state index < -0.39 is 11.7 Å². The molecule has 0 saturated carbocycles. The largest absolute Gasteiger partial charge is 0.419 e. The lowest BCUT2D eigenvalue weighted by Gasteiger charge is -2.15. The predicted octanol–water partition coefficient (Wildman–Crippen LogP) is 2.90. The summed E-state index contributed by atoms with van der Waals surface area (Å²) in [5.74, 6) is -0.359. The maximum Gasteiger partial charge on any atom is 0.419 e. The van der Waals surface area contributed by atoms with E-state index >= 15 is 0 Å². The average Bonchev–Trinajstić information content (AvgIpc) is 2.25. The van der Waals surface area contributed by atoms with Crippen LogP contribution in [-0.4, -0.2) is 23.2 Å². The van der Waals surface area contributed by atoms with Crippen LogP contribution < -0.4 is 5.32 Å². The number of halogens is 4. The summed E-state index contributed by atoms with van der Waals surface area (Å²) < 4.78 is 38.3. The molecule has 0 fully saturated rings. The van der Waals surface area contributed by atoms with Crippen molar-refractivity contribution >= 4 is 21.7 Å². The van der Waals surface area contributed by atoms with E-state index in [1.807, 2.05) is 0 Å². The number of aliphatic hydroxyl groups excluding tert-OH is 1. The second-order valence-electron chi connectivity index (χ2n) is 3.72. The Balaban J connectivity index is 2.91. The molecular formula is C10H12BrF3N2O. The first-order valence-corrected chi connectivity index (χ1v) is 5.71. The number of nitrogens with zero attached hydrogens (tertiary/aromatic N) is 1. The molecule has 0 saturated heterocycles. The van der Waals surface area contributed by atoms with Crippen LogP contribution in [0.3, 0.4) is 0 Å². The molecule has 1 aromatic rings. The fourth-order valence-electron chi connectivity index (χ4n) is 1.13. The van der Waals surface area contributed by atoms with Crippen molar-refractivity contribution in [3.63, 3.8) is 0 Å². The van der Waals surface area contributed by atoms with Gasteiger partial charge in [-0.1, -0.05) is 6.92 Å². The van der Waals surface area contributed by atoms with Gasteiger partial charge in [0.2, 0.25) is 0 Å². The van der Waals surface area contributed by atoms with Crippen LogP contribution in [-0.2, 0) is 6.18 Å². The van der Waals surface area contributed by atoms with E-state index in [2.05, 4.69) is 26.2 Å². The van der Waals surface area contributed by atoms with Gasteiger partial charge in [-0.3, -0.25) is 0 Å². The molecule has 0 aliphatic carbocycles. The number of pyridine rings is 1. The first-order valence-electron chi connectivity index (χ1n) is 4.92. The van der Waals surface area contributed by atoms with E-state index in [-0.39, 0.29) is 29.4 Å². The number of hydrogen-bond donors (Lipinski definition) is 2. The summed E-state index contributed by atoms with van der Waals surface area (Å²) in [6, 6.07) is 0.971. The molecule has 1 aromatic heterocycles. The SMILES string of the molecule is CC(CO)CNc1ncc(Br)cc1C(F)(F)F. The van der Waals surface area contributed by atoms with Crippen molar-refractivity contribution in [1.82, 2.24) is 4.98 Å². The minimum atomic E-state index is -4.46. The molecule has 0 aliphatic heterocycles. The van der Waals surface area contributed by atoms with E-state index in [1.54, 1.807) is 6.92 Å². The Labute approximate surface area is 105 Å². The number of alkyl halides is 3. The molecule has 17 heavy (non-hydrogen) atoms. The summed E-state index contributed by atoms with van der Waals surface area (Å²) in [7, 11) is 0. The highest BCUT2D eigenvalue weighted by molar-refractivity contribution is 9.10. The van der Waals surface area contributed by atoms with Gasteiger partial charge >= 0.3 is 6.18 Å². The molecule has 7 heteroatoms. The van der Waals surface area contributed by atoms with Crippen LogP contribution in [0, 0.1) is 5.92 Å². The summed E-state index contributed by atoms with van der Waals surface area (Å²) >= 11 is 2.95. The Hall–Kier alpha value is -0.820. The van der Waals surface area contributed by atoms with Gasteiger partial charge in [0, 0.05) is 23.8 Å². The van der Waals surface area contributed by atoms with Crippen molar-refractivity contribution in [3.8, 4) is 0 Å². The minimum Gasteiger partial charge on any atom is -0.396 e. The Morgan fingerprint density at radius 2 is 2.18 bits per heavy atom. The summed E-state index contributed by atoms with van der Waals surface area (Å²) in [5.41, 5.74) is -0.822. The lowest BCUT2D eigenvalue weighted by molar-refractivity contribution is -0.137. The standard InChI is InChI=1S/C10H12BrF3N2O/c1-6(5-17)3-15-9-8(10(12,13)14)2-7(11)4-16-9/h2,4,6,17H,3,5H2,1H3,(H,15,16). The van der Waals surface area contributed by atoms with Crippen molar-refractivity contribution in [2.75, 3.05) is 18.5 Å². The van der Waals surface area contributed by atoms with E-state index in [1.165, 1.54) is 6.20 Å². The third-order valence-electron chi connectivity index (χ3n) is 2.09. The molecule has 0 radical (unpaired) electrons. The van der Waals surface area contributed by atoms with Crippen molar-refractivity contribution in [2.24, 2.45) is 5.92 Å². The van der Waals surface area contributed by atoms with Gasteiger partial charge in [0.25, 0.3) is 0 Å². The molecule has 0 aliphatic rings. The number of hydrogen-bond acceptors (Lipinski definition) is 3. The van der Waals surface area contributed by atoms with Gasteiger partial charge in [-0.2, -0.15) is 13.2 Å². The summed E-state index contributed by atoms with van der Waals surface area (Å²) in [6.07, 6.45) is -3.16. The molecule has 0 aromatic carbocycles. The first-order chi connectivity index (χ1) is 7.84. The normalized spacial score (nSPS) is 13.5. The lowest BCUT2D eigenvalue weighted by atomic mass is 10.2. The zero-order valence-electron chi connectivity index (χ0n) is 9.05. The Morgan fingerprint density at radius 1 is 1.53 bits per heavy atom. The molecule has 3 nitrogen and oxygen atoms in total. The van der Waals surface area contributed by atoms with Gasteiger partial charge in [-0.05, 0) is 27.9 Å². The highest BCUT2D eigenvalue weighted by atomic mass is 79.9. The first kappa shape index (κ1) is 14.2. The number of anilines is 1. The second kappa shape index (κ2) is 5.68. The molecule has 0 spiro atoms. The van der Waals surface area contributed by atoms with Gasteiger partial charge in [-0.15, -0.1) is 0 Å².